The van der Waals surface area contributed by atoms with Gasteiger partial charge in [-0.3, -0.25) is 0 Å². The second-order valence-corrected chi connectivity index (χ2v) is 8.29. The molecule has 3 rings (SSSR count). The molecule has 1 aromatic heterocycles. The SMILES string of the molecule is C/C=C/c1ccc([C@H]2[C@@H](CNC(C)C)N(c3nc(CC)cs3)[C@H]2CO)cc1. The van der Waals surface area contributed by atoms with Gasteiger partial charge in [0.1, 0.15) is 0 Å². The number of rotatable bonds is 8. The van der Waals surface area contributed by atoms with Crippen LogP contribution in [0.5, 0.6) is 0 Å². The van der Waals surface area contributed by atoms with E-state index in [4.69, 9.17) is 4.98 Å². The molecule has 1 aliphatic heterocycles. The molecule has 4 nitrogen and oxygen atoms in total. The smallest absolute Gasteiger partial charge is 0.186 e. The van der Waals surface area contributed by atoms with Crippen molar-refractivity contribution in [2.75, 3.05) is 18.1 Å². The van der Waals surface area contributed by atoms with Crippen LogP contribution in [-0.2, 0) is 6.42 Å². The van der Waals surface area contributed by atoms with Crippen LogP contribution in [0.2, 0.25) is 0 Å². The lowest BCUT2D eigenvalue weighted by Crippen LogP contribution is -2.67. The zero-order valence-electron chi connectivity index (χ0n) is 16.7. The predicted molar refractivity (Wildman–Crippen MR) is 116 cm³/mol. The number of anilines is 1. The Morgan fingerprint density at radius 2 is 2.00 bits per heavy atom. The van der Waals surface area contributed by atoms with E-state index in [0.29, 0.717) is 18.0 Å². The normalized spacial score (nSPS) is 22.6. The first kappa shape index (κ1) is 20.1. The van der Waals surface area contributed by atoms with Crippen molar-refractivity contribution in [3.05, 3.63) is 52.5 Å². The second-order valence-electron chi connectivity index (χ2n) is 7.45. The van der Waals surface area contributed by atoms with E-state index in [2.05, 4.69) is 72.8 Å². The Morgan fingerprint density at radius 3 is 2.56 bits per heavy atom. The number of hydrogen-bond donors (Lipinski definition) is 2. The van der Waals surface area contributed by atoms with Gasteiger partial charge in [-0.1, -0.05) is 57.2 Å². The highest BCUT2D eigenvalue weighted by molar-refractivity contribution is 7.13. The summed E-state index contributed by atoms with van der Waals surface area (Å²) in [7, 11) is 0. The Balaban J connectivity index is 1.88. The van der Waals surface area contributed by atoms with Crippen LogP contribution in [0.4, 0.5) is 5.13 Å². The zero-order valence-corrected chi connectivity index (χ0v) is 17.5. The van der Waals surface area contributed by atoms with E-state index in [1.165, 1.54) is 11.1 Å². The van der Waals surface area contributed by atoms with Crippen molar-refractivity contribution in [1.29, 1.82) is 0 Å². The molecule has 146 valence electrons. The van der Waals surface area contributed by atoms with Crippen molar-refractivity contribution in [3.63, 3.8) is 0 Å². The fourth-order valence-electron chi connectivity index (χ4n) is 3.86. The number of aliphatic hydroxyl groups excluding tert-OH is 1. The van der Waals surface area contributed by atoms with E-state index < -0.39 is 0 Å². The Morgan fingerprint density at radius 1 is 1.26 bits per heavy atom. The molecule has 0 spiro atoms. The third kappa shape index (κ3) is 4.26. The molecule has 1 fully saturated rings. The molecule has 0 radical (unpaired) electrons. The molecule has 0 aliphatic carbocycles. The summed E-state index contributed by atoms with van der Waals surface area (Å²) in [5.41, 5.74) is 3.63. The molecule has 27 heavy (non-hydrogen) atoms. The van der Waals surface area contributed by atoms with Crippen LogP contribution in [0, 0.1) is 0 Å². The third-order valence-corrected chi connectivity index (χ3v) is 6.17. The van der Waals surface area contributed by atoms with E-state index in [1.807, 2.05) is 6.92 Å². The molecule has 0 bridgehead atoms. The maximum Gasteiger partial charge on any atom is 0.186 e. The van der Waals surface area contributed by atoms with Crippen LogP contribution < -0.4 is 10.2 Å². The highest BCUT2D eigenvalue weighted by Crippen LogP contribution is 2.44. The minimum atomic E-state index is 0.0763. The monoisotopic (exact) mass is 385 g/mol. The molecule has 1 aromatic carbocycles. The average Bonchev–Trinajstić information content (AvgIpc) is 3.11. The molecule has 1 aliphatic rings. The highest BCUT2D eigenvalue weighted by Gasteiger charge is 2.49. The van der Waals surface area contributed by atoms with Crippen molar-refractivity contribution in [3.8, 4) is 0 Å². The van der Waals surface area contributed by atoms with E-state index in [9.17, 15) is 5.11 Å². The summed E-state index contributed by atoms with van der Waals surface area (Å²) >= 11 is 1.69. The van der Waals surface area contributed by atoms with Crippen LogP contribution in [0.25, 0.3) is 6.08 Å². The topological polar surface area (TPSA) is 48.4 Å². The van der Waals surface area contributed by atoms with Crippen LogP contribution in [0.1, 0.15) is 50.4 Å². The first-order valence-electron chi connectivity index (χ1n) is 9.88. The number of aliphatic hydroxyl groups is 1. The van der Waals surface area contributed by atoms with Crippen molar-refractivity contribution in [1.82, 2.24) is 10.3 Å². The van der Waals surface area contributed by atoms with E-state index in [-0.39, 0.29) is 12.6 Å². The number of aryl methyl sites for hydroxylation is 1. The molecule has 2 heterocycles. The Bertz CT molecular complexity index is 753. The first-order chi connectivity index (χ1) is 13.1. The Hall–Kier alpha value is -1.69. The maximum absolute atomic E-state index is 10.2. The third-order valence-electron chi connectivity index (χ3n) is 5.27. The number of thiazole rings is 1. The highest BCUT2D eigenvalue weighted by atomic mass is 32.1. The van der Waals surface area contributed by atoms with Crippen LogP contribution in [0.3, 0.4) is 0 Å². The minimum Gasteiger partial charge on any atom is -0.394 e. The molecule has 3 atom stereocenters. The molecule has 5 heteroatoms. The van der Waals surface area contributed by atoms with Gasteiger partial charge < -0.3 is 15.3 Å². The minimum absolute atomic E-state index is 0.0763. The summed E-state index contributed by atoms with van der Waals surface area (Å²) in [5.74, 6) is 0.301. The number of allylic oxidation sites excluding steroid dienone is 1. The quantitative estimate of drug-likeness (QED) is 0.719. The fraction of sp³-hybridized carbons (Fsp3) is 0.500. The van der Waals surface area contributed by atoms with Gasteiger partial charge in [-0.2, -0.15) is 0 Å². The Kier molecular flexibility index (Phi) is 6.68. The van der Waals surface area contributed by atoms with E-state index in [1.54, 1.807) is 11.3 Å². The molecule has 0 saturated carbocycles. The lowest BCUT2D eigenvalue weighted by Gasteiger charge is -2.55. The number of aromatic nitrogens is 1. The lowest BCUT2D eigenvalue weighted by atomic mass is 9.75. The number of benzene rings is 1. The molecule has 0 unspecified atom stereocenters. The van der Waals surface area contributed by atoms with Crippen molar-refractivity contribution in [2.45, 2.75) is 58.2 Å². The van der Waals surface area contributed by atoms with Gasteiger partial charge in [0.15, 0.2) is 5.13 Å². The summed E-state index contributed by atoms with van der Waals surface area (Å²) in [6.45, 7) is 9.53. The molecular formula is C22H31N3OS. The van der Waals surface area contributed by atoms with E-state index in [0.717, 1.165) is 23.8 Å². The Labute approximate surface area is 167 Å². The number of nitrogens with zero attached hydrogens (tertiary/aromatic N) is 2. The predicted octanol–water partition coefficient (Wildman–Crippen LogP) is 4.07. The van der Waals surface area contributed by atoms with Gasteiger partial charge in [-0.25, -0.2) is 4.98 Å². The van der Waals surface area contributed by atoms with Gasteiger partial charge in [0.05, 0.1) is 24.4 Å². The summed E-state index contributed by atoms with van der Waals surface area (Å²) in [4.78, 5) is 7.11. The largest absolute Gasteiger partial charge is 0.394 e. The molecule has 2 N–H and O–H groups in total. The van der Waals surface area contributed by atoms with Crippen LogP contribution in [0.15, 0.2) is 35.7 Å². The van der Waals surface area contributed by atoms with Crippen LogP contribution >= 0.6 is 11.3 Å². The van der Waals surface area contributed by atoms with Gasteiger partial charge in [0.25, 0.3) is 0 Å². The average molecular weight is 386 g/mol. The molecule has 2 aromatic rings. The van der Waals surface area contributed by atoms with Gasteiger partial charge in [-0.15, -0.1) is 11.3 Å². The van der Waals surface area contributed by atoms with Gasteiger partial charge in [0, 0.05) is 23.9 Å². The standard InChI is InChI=1S/C22H31N3OS/c1-5-7-16-8-10-17(11-9-16)21-19(12-23-15(3)4)25(20(21)13-26)22-24-18(6-2)14-27-22/h5,7-11,14-15,19-21,23,26H,6,12-13H2,1-4H3/b7-5+/t19-,20+,21+/m1/s1. The summed E-state index contributed by atoms with van der Waals surface area (Å²) in [6, 6.07) is 9.56. The zero-order chi connectivity index (χ0) is 19.4. The van der Waals surface area contributed by atoms with Crippen molar-refractivity contribution < 1.29 is 5.11 Å². The first-order valence-corrected chi connectivity index (χ1v) is 10.8. The van der Waals surface area contributed by atoms with Gasteiger partial charge in [0.2, 0.25) is 0 Å². The van der Waals surface area contributed by atoms with Crippen molar-refractivity contribution >= 4 is 22.5 Å². The van der Waals surface area contributed by atoms with Crippen molar-refractivity contribution in [2.24, 2.45) is 0 Å². The van der Waals surface area contributed by atoms with Gasteiger partial charge in [-0.05, 0) is 24.5 Å². The van der Waals surface area contributed by atoms with E-state index >= 15 is 0 Å². The number of nitrogens with one attached hydrogen (secondary N) is 1. The maximum atomic E-state index is 10.2. The van der Waals surface area contributed by atoms with Gasteiger partial charge >= 0.3 is 0 Å². The fourth-order valence-corrected chi connectivity index (χ4v) is 4.88. The summed E-state index contributed by atoms with van der Waals surface area (Å²) in [6.07, 6.45) is 5.11. The lowest BCUT2D eigenvalue weighted by molar-refractivity contribution is 0.166. The molecular weight excluding hydrogens is 354 g/mol. The second kappa shape index (κ2) is 9.00. The summed E-state index contributed by atoms with van der Waals surface area (Å²) < 4.78 is 0. The molecule has 0 amide bonds. The van der Waals surface area contributed by atoms with Crippen LogP contribution in [-0.4, -0.2) is 41.4 Å². The molecule has 1 saturated heterocycles. The summed E-state index contributed by atoms with van der Waals surface area (Å²) in [5, 5.41) is 16.9. The number of hydrogen-bond acceptors (Lipinski definition) is 5.